The third-order valence-electron chi connectivity index (χ3n) is 3.54. The second kappa shape index (κ2) is 6.50. The Labute approximate surface area is 123 Å². The molecule has 1 aliphatic heterocycles. The minimum absolute atomic E-state index is 0.00912. The maximum atomic E-state index is 12.3. The molecule has 1 saturated heterocycles. The Bertz CT molecular complexity index is 593. The third kappa shape index (κ3) is 3.99. The van der Waals surface area contributed by atoms with Crippen LogP contribution in [0.1, 0.15) is 6.92 Å². The van der Waals surface area contributed by atoms with Gasteiger partial charge in [0.05, 0.1) is 28.8 Å². The molecule has 0 radical (unpaired) electrons. The molecule has 1 aliphatic rings. The lowest BCUT2D eigenvalue weighted by Crippen LogP contribution is -2.45. The first-order chi connectivity index (χ1) is 9.90. The molecule has 1 heterocycles. The first kappa shape index (κ1) is 15.9. The van der Waals surface area contributed by atoms with Crippen LogP contribution < -0.4 is 0 Å². The zero-order valence-corrected chi connectivity index (χ0v) is 12.6. The van der Waals surface area contributed by atoms with Gasteiger partial charge >= 0.3 is 0 Å². The van der Waals surface area contributed by atoms with Crippen LogP contribution in [0.3, 0.4) is 0 Å². The maximum absolute atomic E-state index is 12.3. The Morgan fingerprint density at radius 3 is 2.38 bits per heavy atom. The zero-order chi connectivity index (χ0) is 15.5. The van der Waals surface area contributed by atoms with E-state index < -0.39 is 14.8 Å². The minimum atomic E-state index is -3.46. The number of nitro groups is 1. The molecule has 0 spiro atoms. The van der Waals surface area contributed by atoms with Crippen LogP contribution in [0, 0.1) is 10.1 Å². The Morgan fingerprint density at radius 1 is 1.29 bits per heavy atom. The second-order valence-electron chi connectivity index (χ2n) is 5.03. The zero-order valence-electron chi connectivity index (χ0n) is 11.8. The van der Waals surface area contributed by atoms with Crippen molar-refractivity contribution in [3.8, 4) is 0 Å². The third-order valence-corrected chi connectivity index (χ3v) is 5.45. The van der Waals surface area contributed by atoms with Crippen LogP contribution in [0.25, 0.3) is 0 Å². The number of morpholine rings is 1. The molecule has 1 aromatic carbocycles. The van der Waals surface area contributed by atoms with Crippen molar-refractivity contribution in [2.24, 2.45) is 0 Å². The molecule has 0 unspecified atom stereocenters. The summed E-state index contributed by atoms with van der Waals surface area (Å²) >= 11 is 0. The Morgan fingerprint density at radius 2 is 1.86 bits per heavy atom. The Kier molecular flexibility index (Phi) is 4.92. The van der Waals surface area contributed by atoms with Gasteiger partial charge in [-0.25, -0.2) is 8.42 Å². The van der Waals surface area contributed by atoms with E-state index in [2.05, 4.69) is 4.90 Å². The summed E-state index contributed by atoms with van der Waals surface area (Å²) in [6.45, 7) is 4.53. The molecule has 8 heteroatoms. The highest BCUT2D eigenvalue weighted by molar-refractivity contribution is 7.91. The fourth-order valence-electron chi connectivity index (χ4n) is 2.31. The summed E-state index contributed by atoms with van der Waals surface area (Å²) in [4.78, 5) is 12.2. The van der Waals surface area contributed by atoms with Crippen molar-refractivity contribution in [1.29, 1.82) is 0 Å². The summed E-state index contributed by atoms with van der Waals surface area (Å²) in [7, 11) is -3.46. The molecule has 0 aliphatic carbocycles. The fraction of sp³-hybridized carbons (Fsp3) is 0.538. The van der Waals surface area contributed by atoms with Gasteiger partial charge in [-0.15, -0.1) is 0 Å². The van der Waals surface area contributed by atoms with Crippen LogP contribution in [0.5, 0.6) is 0 Å². The van der Waals surface area contributed by atoms with Crippen molar-refractivity contribution < 1.29 is 18.1 Å². The fourth-order valence-corrected chi connectivity index (χ4v) is 3.90. The predicted octanol–water partition coefficient (Wildman–Crippen LogP) is 1.09. The second-order valence-corrected chi connectivity index (χ2v) is 7.06. The number of nitro benzene ring substituents is 1. The molecule has 0 amide bonds. The van der Waals surface area contributed by atoms with Gasteiger partial charge in [0.15, 0.2) is 9.84 Å². The summed E-state index contributed by atoms with van der Waals surface area (Å²) in [6.07, 6.45) is 0. The Balaban J connectivity index is 2.08. The molecule has 0 aromatic heterocycles. The van der Waals surface area contributed by atoms with Crippen molar-refractivity contribution in [3.63, 3.8) is 0 Å². The van der Waals surface area contributed by atoms with Gasteiger partial charge < -0.3 is 4.74 Å². The van der Waals surface area contributed by atoms with Gasteiger partial charge in [-0.1, -0.05) is 0 Å². The standard InChI is InChI=1S/C13H18N2O5S/c1-11(14-6-8-20-9-7-14)10-21(18,19)13-4-2-12(3-5-13)15(16)17/h2-5,11H,6-10H2,1H3/t11-/m0/s1. The first-order valence-electron chi connectivity index (χ1n) is 6.69. The van der Waals surface area contributed by atoms with E-state index in [1.54, 1.807) is 0 Å². The molecule has 21 heavy (non-hydrogen) atoms. The highest BCUT2D eigenvalue weighted by atomic mass is 32.2. The van der Waals surface area contributed by atoms with E-state index in [0.717, 1.165) is 13.1 Å². The van der Waals surface area contributed by atoms with E-state index in [0.29, 0.717) is 13.2 Å². The van der Waals surface area contributed by atoms with E-state index in [4.69, 9.17) is 4.74 Å². The van der Waals surface area contributed by atoms with Crippen molar-refractivity contribution in [3.05, 3.63) is 34.4 Å². The average Bonchev–Trinajstić information content (AvgIpc) is 2.48. The molecule has 0 bridgehead atoms. The van der Waals surface area contributed by atoms with Crippen molar-refractivity contribution in [1.82, 2.24) is 4.90 Å². The maximum Gasteiger partial charge on any atom is 0.269 e. The lowest BCUT2D eigenvalue weighted by atomic mass is 10.3. The molecule has 7 nitrogen and oxygen atoms in total. The molecule has 1 aromatic rings. The predicted molar refractivity (Wildman–Crippen MR) is 77.0 cm³/mol. The van der Waals surface area contributed by atoms with Gasteiger partial charge in [0.2, 0.25) is 0 Å². The van der Waals surface area contributed by atoms with E-state index >= 15 is 0 Å². The summed E-state index contributed by atoms with van der Waals surface area (Å²) in [6, 6.07) is 4.89. The highest BCUT2D eigenvalue weighted by Crippen LogP contribution is 2.18. The highest BCUT2D eigenvalue weighted by Gasteiger charge is 2.24. The van der Waals surface area contributed by atoms with Crippen LogP contribution in [-0.4, -0.2) is 56.3 Å². The van der Waals surface area contributed by atoms with Gasteiger partial charge in [-0.3, -0.25) is 15.0 Å². The number of nitrogens with zero attached hydrogens (tertiary/aromatic N) is 2. The molecular weight excluding hydrogens is 296 g/mol. The van der Waals surface area contributed by atoms with Gasteiger partial charge in [0.25, 0.3) is 5.69 Å². The molecular formula is C13H18N2O5S. The van der Waals surface area contributed by atoms with E-state index in [9.17, 15) is 18.5 Å². The SMILES string of the molecule is C[C@@H](CS(=O)(=O)c1ccc([N+](=O)[O-])cc1)N1CCOCC1. The van der Waals surface area contributed by atoms with Crippen molar-refractivity contribution >= 4 is 15.5 Å². The number of hydrogen-bond acceptors (Lipinski definition) is 6. The normalized spacial score (nSPS) is 18.3. The topological polar surface area (TPSA) is 89.8 Å². The van der Waals surface area contributed by atoms with Crippen LogP contribution in [0.4, 0.5) is 5.69 Å². The quantitative estimate of drug-likeness (QED) is 0.597. The first-order valence-corrected chi connectivity index (χ1v) is 8.34. The van der Waals surface area contributed by atoms with Crippen LogP contribution in [-0.2, 0) is 14.6 Å². The average molecular weight is 314 g/mol. The van der Waals surface area contributed by atoms with Gasteiger partial charge in [-0.05, 0) is 19.1 Å². The molecule has 2 rings (SSSR count). The summed E-state index contributed by atoms with van der Waals surface area (Å²) < 4.78 is 29.9. The lowest BCUT2D eigenvalue weighted by molar-refractivity contribution is -0.384. The number of benzene rings is 1. The Hall–Kier alpha value is -1.51. The van der Waals surface area contributed by atoms with Crippen LogP contribution in [0.15, 0.2) is 29.2 Å². The van der Waals surface area contributed by atoms with Crippen molar-refractivity contribution in [2.75, 3.05) is 32.1 Å². The molecule has 0 N–H and O–H groups in total. The van der Waals surface area contributed by atoms with E-state index in [-0.39, 0.29) is 22.4 Å². The number of hydrogen-bond donors (Lipinski definition) is 0. The van der Waals surface area contributed by atoms with Gasteiger partial charge in [0.1, 0.15) is 0 Å². The minimum Gasteiger partial charge on any atom is -0.379 e. The largest absolute Gasteiger partial charge is 0.379 e. The number of rotatable bonds is 5. The molecule has 116 valence electrons. The monoisotopic (exact) mass is 314 g/mol. The molecule has 1 fully saturated rings. The van der Waals surface area contributed by atoms with Crippen LogP contribution in [0.2, 0.25) is 0 Å². The van der Waals surface area contributed by atoms with Gasteiger partial charge in [-0.2, -0.15) is 0 Å². The van der Waals surface area contributed by atoms with E-state index in [1.165, 1.54) is 24.3 Å². The summed E-state index contributed by atoms with van der Waals surface area (Å²) in [5, 5.41) is 10.6. The van der Waals surface area contributed by atoms with Crippen LogP contribution >= 0.6 is 0 Å². The molecule has 0 saturated carbocycles. The number of non-ortho nitro benzene ring substituents is 1. The number of sulfone groups is 1. The summed E-state index contributed by atoms with van der Waals surface area (Å²) in [5.74, 6) is -0.00912. The molecule has 1 atom stereocenters. The number of ether oxygens (including phenoxy) is 1. The van der Waals surface area contributed by atoms with Gasteiger partial charge in [0, 0.05) is 31.3 Å². The smallest absolute Gasteiger partial charge is 0.269 e. The van der Waals surface area contributed by atoms with E-state index in [1.807, 2.05) is 6.92 Å². The van der Waals surface area contributed by atoms with Crippen molar-refractivity contribution in [2.45, 2.75) is 17.9 Å². The summed E-state index contributed by atoms with van der Waals surface area (Å²) in [5.41, 5.74) is -0.116. The lowest BCUT2D eigenvalue weighted by Gasteiger charge is -2.32.